The number of nitrogens with zero attached hydrogens (tertiary/aromatic N) is 1. The summed E-state index contributed by atoms with van der Waals surface area (Å²) in [7, 11) is 1.64. The van der Waals surface area contributed by atoms with E-state index in [0.29, 0.717) is 24.6 Å². The second kappa shape index (κ2) is 7.86. The topological polar surface area (TPSA) is 54.6 Å². The number of fused-ring (bicyclic) bond motifs is 1. The van der Waals surface area contributed by atoms with Crippen LogP contribution < -0.4 is 4.74 Å². The van der Waals surface area contributed by atoms with Crippen LogP contribution in [0.3, 0.4) is 0 Å². The molecule has 2 heterocycles. The number of morpholine rings is 1. The third-order valence-electron chi connectivity index (χ3n) is 5.32. The molecule has 4 rings (SSSR count). The minimum atomic E-state index is -0.211. The standard InChI is InChI=1S/C22H23ClN2O3/c1-14-13-28-21(17-5-3-4-6-19(17)23)12-25(14)22(26)9-15-11-24-20-8-7-16(27-2)10-18(15)20/h3-8,10-11,14,21,24H,9,12-13H2,1-2H3/t14-,21+/m0/s1. The first-order chi connectivity index (χ1) is 13.6. The zero-order valence-electron chi connectivity index (χ0n) is 15.9. The number of nitrogens with one attached hydrogen (secondary N) is 1. The third-order valence-corrected chi connectivity index (χ3v) is 5.67. The molecule has 0 radical (unpaired) electrons. The maximum Gasteiger partial charge on any atom is 0.227 e. The highest BCUT2D eigenvalue weighted by atomic mass is 35.5. The van der Waals surface area contributed by atoms with Crippen LogP contribution in [-0.4, -0.2) is 42.1 Å². The number of hydrogen-bond donors (Lipinski definition) is 1. The monoisotopic (exact) mass is 398 g/mol. The van der Waals surface area contributed by atoms with Crippen LogP contribution >= 0.6 is 11.6 Å². The highest BCUT2D eigenvalue weighted by Crippen LogP contribution is 2.31. The van der Waals surface area contributed by atoms with Gasteiger partial charge in [-0.3, -0.25) is 4.79 Å². The molecule has 6 heteroatoms. The lowest BCUT2D eigenvalue weighted by Crippen LogP contribution is -2.48. The van der Waals surface area contributed by atoms with Crippen LogP contribution in [-0.2, 0) is 16.0 Å². The Morgan fingerprint density at radius 1 is 1.32 bits per heavy atom. The number of halogens is 1. The van der Waals surface area contributed by atoms with Gasteiger partial charge in [-0.05, 0) is 36.8 Å². The Morgan fingerprint density at radius 3 is 2.93 bits per heavy atom. The minimum absolute atomic E-state index is 0.0194. The zero-order chi connectivity index (χ0) is 19.7. The van der Waals surface area contributed by atoms with Crippen LogP contribution in [0.2, 0.25) is 5.02 Å². The van der Waals surface area contributed by atoms with Gasteiger partial charge < -0.3 is 19.4 Å². The third kappa shape index (κ3) is 3.60. The Balaban J connectivity index is 1.54. The first kappa shape index (κ1) is 18.8. The number of aromatic amines is 1. The van der Waals surface area contributed by atoms with E-state index in [2.05, 4.69) is 4.98 Å². The van der Waals surface area contributed by atoms with Crippen molar-refractivity contribution in [1.82, 2.24) is 9.88 Å². The van der Waals surface area contributed by atoms with Crippen LogP contribution in [0.1, 0.15) is 24.2 Å². The van der Waals surface area contributed by atoms with Crippen molar-refractivity contribution >= 4 is 28.4 Å². The van der Waals surface area contributed by atoms with Crippen molar-refractivity contribution in [3.05, 3.63) is 64.8 Å². The van der Waals surface area contributed by atoms with Crippen LogP contribution in [0.25, 0.3) is 10.9 Å². The molecule has 0 aliphatic carbocycles. The number of hydrogen-bond acceptors (Lipinski definition) is 3. The fourth-order valence-corrected chi connectivity index (χ4v) is 3.98. The molecule has 0 bridgehead atoms. The minimum Gasteiger partial charge on any atom is -0.497 e. The largest absolute Gasteiger partial charge is 0.497 e. The number of carbonyl (C=O) groups excluding carboxylic acids is 1. The highest BCUT2D eigenvalue weighted by molar-refractivity contribution is 6.31. The molecule has 3 aromatic rings. The SMILES string of the molecule is COc1ccc2[nH]cc(CC(=O)N3C[C@H](c4ccccc4Cl)OC[C@@H]3C)c2c1. The van der Waals surface area contributed by atoms with E-state index < -0.39 is 0 Å². The predicted molar refractivity (Wildman–Crippen MR) is 110 cm³/mol. The first-order valence-electron chi connectivity index (χ1n) is 9.36. The van der Waals surface area contributed by atoms with Crippen molar-refractivity contribution in [3.8, 4) is 5.75 Å². The number of H-pyrrole nitrogens is 1. The van der Waals surface area contributed by atoms with Gasteiger partial charge in [0.25, 0.3) is 0 Å². The molecule has 0 unspecified atom stereocenters. The Hall–Kier alpha value is -2.50. The fourth-order valence-electron chi connectivity index (χ4n) is 3.72. The lowest BCUT2D eigenvalue weighted by Gasteiger charge is -2.38. The molecule has 2 atom stereocenters. The van der Waals surface area contributed by atoms with E-state index >= 15 is 0 Å². The lowest BCUT2D eigenvalue weighted by molar-refractivity contribution is -0.143. The van der Waals surface area contributed by atoms with Gasteiger partial charge in [0.15, 0.2) is 0 Å². The van der Waals surface area contributed by atoms with Gasteiger partial charge in [-0.1, -0.05) is 29.8 Å². The average molecular weight is 399 g/mol. The lowest BCUT2D eigenvalue weighted by atomic mass is 10.0. The summed E-state index contributed by atoms with van der Waals surface area (Å²) < 4.78 is 11.3. The Bertz CT molecular complexity index is 1000. The van der Waals surface area contributed by atoms with Gasteiger partial charge >= 0.3 is 0 Å². The number of methoxy groups -OCH3 is 1. The van der Waals surface area contributed by atoms with E-state index in [1.54, 1.807) is 7.11 Å². The fraction of sp³-hybridized carbons (Fsp3) is 0.318. The molecule has 1 N–H and O–H groups in total. The summed E-state index contributed by atoms with van der Waals surface area (Å²) in [5.74, 6) is 0.857. The number of benzene rings is 2. The van der Waals surface area contributed by atoms with Crippen molar-refractivity contribution in [2.75, 3.05) is 20.3 Å². The van der Waals surface area contributed by atoms with E-state index in [1.165, 1.54) is 0 Å². The van der Waals surface area contributed by atoms with Crippen molar-refractivity contribution < 1.29 is 14.3 Å². The van der Waals surface area contributed by atoms with Gasteiger partial charge in [0.05, 0.1) is 32.7 Å². The van der Waals surface area contributed by atoms with Gasteiger partial charge in [0, 0.05) is 27.7 Å². The average Bonchev–Trinajstić information content (AvgIpc) is 3.10. The second-order valence-electron chi connectivity index (χ2n) is 7.14. The molecule has 2 aromatic carbocycles. The molecule has 1 aliphatic rings. The summed E-state index contributed by atoms with van der Waals surface area (Å²) in [5, 5.41) is 1.68. The van der Waals surface area contributed by atoms with Gasteiger partial charge in [0.1, 0.15) is 11.9 Å². The molecule has 28 heavy (non-hydrogen) atoms. The first-order valence-corrected chi connectivity index (χ1v) is 9.74. The maximum absolute atomic E-state index is 13.1. The molecule has 146 valence electrons. The number of rotatable bonds is 4. The number of amides is 1. The van der Waals surface area contributed by atoms with Crippen molar-refractivity contribution in [1.29, 1.82) is 0 Å². The number of carbonyl (C=O) groups is 1. The molecule has 0 saturated carbocycles. The summed E-state index contributed by atoms with van der Waals surface area (Å²) in [5.41, 5.74) is 2.88. The Labute approximate surface area is 169 Å². The van der Waals surface area contributed by atoms with Crippen molar-refractivity contribution in [2.45, 2.75) is 25.5 Å². The van der Waals surface area contributed by atoms with E-state index in [0.717, 1.165) is 27.8 Å². The van der Waals surface area contributed by atoms with Gasteiger partial charge in [-0.25, -0.2) is 0 Å². The van der Waals surface area contributed by atoms with E-state index in [9.17, 15) is 4.79 Å². The second-order valence-corrected chi connectivity index (χ2v) is 7.55. The molecular formula is C22H23ClN2O3. The van der Waals surface area contributed by atoms with Gasteiger partial charge in [0.2, 0.25) is 5.91 Å². The summed E-state index contributed by atoms with van der Waals surface area (Å²) in [4.78, 5) is 18.3. The molecule has 1 fully saturated rings. The molecular weight excluding hydrogens is 376 g/mol. The molecule has 5 nitrogen and oxygen atoms in total. The smallest absolute Gasteiger partial charge is 0.227 e. The number of aromatic nitrogens is 1. The van der Waals surface area contributed by atoms with E-state index in [4.69, 9.17) is 21.1 Å². The highest BCUT2D eigenvalue weighted by Gasteiger charge is 2.31. The molecule has 1 amide bonds. The van der Waals surface area contributed by atoms with Gasteiger partial charge in [-0.2, -0.15) is 0 Å². The van der Waals surface area contributed by atoms with E-state index in [1.807, 2.05) is 60.5 Å². The molecule has 1 saturated heterocycles. The summed E-state index contributed by atoms with van der Waals surface area (Å²) >= 11 is 6.33. The molecule has 1 aromatic heterocycles. The number of ether oxygens (including phenoxy) is 2. The van der Waals surface area contributed by atoms with Crippen LogP contribution in [0, 0.1) is 0 Å². The summed E-state index contributed by atoms with van der Waals surface area (Å²) in [6, 6.07) is 13.5. The van der Waals surface area contributed by atoms with Gasteiger partial charge in [-0.15, -0.1) is 0 Å². The van der Waals surface area contributed by atoms with Crippen molar-refractivity contribution in [2.24, 2.45) is 0 Å². The van der Waals surface area contributed by atoms with Crippen molar-refractivity contribution in [3.63, 3.8) is 0 Å². The Morgan fingerprint density at radius 2 is 2.14 bits per heavy atom. The zero-order valence-corrected chi connectivity index (χ0v) is 16.7. The summed E-state index contributed by atoms with van der Waals surface area (Å²) in [6.45, 7) is 3.00. The molecule has 0 spiro atoms. The Kier molecular flexibility index (Phi) is 5.29. The normalized spacial score (nSPS) is 19.8. The quantitative estimate of drug-likeness (QED) is 0.710. The van der Waals surface area contributed by atoms with E-state index in [-0.39, 0.29) is 18.1 Å². The summed E-state index contributed by atoms with van der Waals surface area (Å²) in [6.07, 6.45) is 2.02. The van der Waals surface area contributed by atoms with Crippen LogP contribution in [0.5, 0.6) is 5.75 Å². The van der Waals surface area contributed by atoms with Crippen LogP contribution in [0.4, 0.5) is 0 Å². The van der Waals surface area contributed by atoms with Crippen LogP contribution in [0.15, 0.2) is 48.7 Å². The predicted octanol–water partition coefficient (Wildman–Crippen LogP) is 4.36. The molecule has 1 aliphatic heterocycles. The maximum atomic E-state index is 13.1.